The van der Waals surface area contributed by atoms with E-state index in [0.717, 1.165) is 30.5 Å². The highest BCUT2D eigenvalue weighted by Gasteiger charge is 2.25. The first-order valence-corrected chi connectivity index (χ1v) is 6.26. The highest BCUT2D eigenvalue weighted by molar-refractivity contribution is 5.96. The number of piperidine rings is 1. The van der Waals surface area contributed by atoms with E-state index in [1.54, 1.807) is 6.07 Å². The Bertz CT molecular complexity index is 434. The molecule has 0 radical (unpaired) electrons. The summed E-state index contributed by atoms with van der Waals surface area (Å²) in [7, 11) is 0. The maximum Gasteiger partial charge on any atom is 0.254 e. The van der Waals surface area contributed by atoms with Crippen molar-refractivity contribution in [2.75, 3.05) is 12.3 Å². The second kappa shape index (κ2) is 6.10. The van der Waals surface area contributed by atoms with Gasteiger partial charge < -0.3 is 10.6 Å². The molecule has 100 valence electrons. The second-order valence-corrected chi connectivity index (χ2v) is 4.92. The number of anilines is 1. The van der Waals surface area contributed by atoms with Crippen LogP contribution in [0, 0.1) is 6.92 Å². The third-order valence-corrected chi connectivity index (χ3v) is 3.56. The largest absolute Gasteiger partial charge is 0.399 e. The molecule has 0 spiro atoms. The zero-order chi connectivity index (χ0) is 12.4. The van der Waals surface area contributed by atoms with Crippen LogP contribution >= 0.6 is 12.4 Å². The molecule has 2 rings (SSSR count). The quantitative estimate of drug-likeness (QED) is 0.796. The lowest BCUT2D eigenvalue weighted by atomic mass is 10.0. The highest BCUT2D eigenvalue weighted by Crippen LogP contribution is 2.21. The average molecular weight is 269 g/mol. The molecule has 1 fully saturated rings. The Morgan fingerprint density at radius 2 is 2.11 bits per heavy atom. The van der Waals surface area contributed by atoms with Crippen LogP contribution in [0.5, 0.6) is 0 Å². The zero-order valence-corrected chi connectivity index (χ0v) is 11.8. The number of likely N-dealkylation sites (tertiary alicyclic amines) is 1. The molecule has 1 atom stereocenters. The van der Waals surface area contributed by atoms with Crippen LogP contribution in [0.2, 0.25) is 0 Å². The molecular weight excluding hydrogens is 248 g/mol. The third-order valence-electron chi connectivity index (χ3n) is 3.56. The van der Waals surface area contributed by atoms with Crippen LogP contribution in [-0.2, 0) is 0 Å². The summed E-state index contributed by atoms with van der Waals surface area (Å²) < 4.78 is 0. The fourth-order valence-electron chi connectivity index (χ4n) is 2.42. The summed E-state index contributed by atoms with van der Waals surface area (Å²) in [6.07, 6.45) is 3.44. The lowest BCUT2D eigenvalue weighted by molar-refractivity contribution is 0.0635. The van der Waals surface area contributed by atoms with Crippen LogP contribution in [0.1, 0.15) is 42.1 Å². The van der Waals surface area contributed by atoms with Crippen molar-refractivity contribution in [1.82, 2.24) is 4.90 Å². The number of nitrogens with zero attached hydrogens (tertiary/aromatic N) is 1. The van der Waals surface area contributed by atoms with Crippen molar-refractivity contribution in [3.8, 4) is 0 Å². The van der Waals surface area contributed by atoms with Gasteiger partial charge in [0.05, 0.1) is 0 Å². The van der Waals surface area contributed by atoms with E-state index in [1.165, 1.54) is 6.42 Å². The first-order valence-electron chi connectivity index (χ1n) is 6.26. The third kappa shape index (κ3) is 2.96. The summed E-state index contributed by atoms with van der Waals surface area (Å²) in [4.78, 5) is 14.4. The number of carbonyl (C=O) groups is 1. The minimum absolute atomic E-state index is 0. The Hall–Kier alpha value is -1.22. The van der Waals surface area contributed by atoms with Gasteiger partial charge in [-0.3, -0.25) is 4.79 Å². The second-order valence-electron chi connectivity index (χ2n) is 4.92. The molecule has 3 nitrogen and oxygen atoms in total. The van der Waals surface area contributed by atoms with Crippen LogP contribution < -0.4 is 5.73 Å². The molecule has 1 amide bonds. The van der Waals surface area contributed by atoms with Gasteiger partial charge in [-0.1, -0.05) is 6.07 Å². The Kier molecular flexibility index (Phi) is 5.03. The average Bonchev–Trinajstić information content (AvgIpc) is 2.32. The van der Waals surface area contributed by atoms with Gasteiger partial charge in [-0.25, -0.2) is 0 Å². The van der Waals surface area contributed by atoms with E-state index in [1.807, 2.05) is 24.0 Å². The SMILES string of the molecule is Cc1ccc(N)cc1C(=O)N1CCCCC1C.Cl. The van der Waals surface area contributed by atoms with Crippen LogP contribution in [0.3, 0.4) is 0 Å². The van der Waals surface area contributed by atoms with Crippen LogP contribution in [0.4, 0.5) is 5.69 Å². The van der Waals surface area contributed by atoms with E-state index in [9.17, 15) is 4.79 Å². The van der Waals surface area contributed by atoms with Crippen molar-refractivity contribution in [1.29, 1.82) is 0 Å². The van der Waals surface area contributed by atoms with Gasteiger partial charge in [0.25, 0.3) is 5.91 Å². The number of halogens is 1. The fourth-order valence-corrected chi connectivity index (χ4v) is 2.42. The number of carbonyl (C=O) groups excluding carboxylic acids is 1. The normalized spacial score (nSPS) is 19.2. The highest BCUT2D eigenvalue weighted by atomic mass is 35.5. The van der Waals surface area contributed by atoms with Crippen molar-refractivity contribution in [3.05, 3.63) is 29.3 Å². The van der Waals surface area contributed by atoms with E-state index >= 15 is 0 Å². The first kappa shape index (κ1) is 14.8. The number of benzene rings is 1. The smallest absolute Gasteiger partial charge is 0.254 e. The monoisotopic (exact) mass is 268 g/mol. The standard InChI is InChI=1S/C14H20N2O.ClH/c1-10-6-7-12(15)9-13(10)14(17)16-8-4-3-5-11(16)2;/h6-7,9,11H,3-5,8,15H2,1-2H3;1H. The predicted molar refractivity (Wildman–Crippen MR) is 77.2 cm³/mol. The van der Waals surface area contributed by atoms with Crippen molar-refractivity contribution >= 4 is 24.0 Å². The van der Waals surface area contributed by atoms with Gasteiger partial charge in [0.1, 0.15) is 0 Å². The van der Waals surface area contributed by atoms with Crippen molar-refractivity contribution in [2.45, 2.75) is 39.2 Å². The number of nitrogen functional groups attached to an aromatic ring is 1. The lowest BCUT2D eigenvalue weighted by Gasteiger charge is -2.33. The molecule has 1 saturated heterocycles. The molecule has 18 heavy (non-hydrogen) atoms. The number of rotatable bonds is 1. The van der Waals surface area contributed by atoms with Crippen molar-refractivity contribution < 1.29 is 4.79 Å². The number of aryl methyl sites for hydroxylation is 1. The minimum Gasteiger partial charge on any atom is -0.399 e. The van der Waals surface area contributed by atoms with Crippen molar-refractivity contribution in [3.63, 3.8) is 0 Å². The van der Waals surface area contributed by atoms with E-state index < -0.39 is 0 Å². The molecule has 2 N–H and O–H groups in total. The summed E-state index contributed by atoms with van der Waals surface area (Å²) in [5, 5.41) is 0. The fraction of sp³-hybridized carbons (Fsp3) is 0.500. The Labute approximate surface area is 115 Å². The van der Waals surface area contributed by atoms with Gasteiger partial charge in [0.2, 0.25) is 0 Å². The van der Waals surface area contributed by atoms with Crippen LogP contribution in [0.15, 0.2) is 18.2 Å². The summed E-state index contributed by atoms with van der Waals surface area (Å²) in [6, 6.07) is 5.89. The summed E-state index contributed by atoms with van der Waals surface area (Å²) in [5.41, 5.74) is 8.17. The number of amides is 1. The summed E-state index contributed by atoms with van der Waals surface area (Å²) in [5.74, 6) is 0.127. The van der Waals surface area contributed by atoms with Gasteiger partial charge in [0.15, 0.2) is 0 Å². The number of hydrogen-bond donors (Lipinski definition) is 1. The predicted octanol–water partition coefficient (Wildman–Crippen LogP) is 3.01. The van der Waals surface area contributed by atoms with E-state index in [0.29, 0.717) is 11.7 Å². The van der Waals surface area contributed by atoms with E-state index in [4.69, 9.17) is 5.73 Å². The minimum atomic E-state index is 0. The first-order chi connectivity index (χ1) is 8.09. The lowest BCUT2D eigenvalue weighted by Crippen LogP contribution is -2.42. The molecule has 1 aromatic carbocycles. The van der Waals surface area contributed by atoms with Gasteiger partial charge in [-0.15, -0.1) is 12.4 Å². The molecule has 0 bridgehead atoms. The molecule has 4 heteroatoms. The summed E-state index contributed by atoms with van der Waals surface area (Å²) in [6.45, 7) is 4.95. The van der Waals surface area contributed by atoms with E-state index in [-0.39, 0.29) is 18.3 Å². The van der Waals surface area contributed by atoms with Gasteiger partial charge >= 0.3 is 0 Å². The molecular formula is C14H21ClN2O. The summed E-state index contributed by atoms with van der Waals surface area (Å²) >= 11 is 0. The molecule has 1 aromatic rings. The molecule has 1 unspecified atom stereocenters. The molecule has 1 heterocycles. The maximum absolute atomic E-state index is 12.5. The van der Waals surface area contributed by atoms with Gasteiger partial charge in [-0.05, 0) is 50.8 Å². The topological polar surface area (TPSA) is 46.3 Å². The maximum atomic E-state index is 12.5. The van der Waals surface area contributed by atoms with Gasteiger partial charge in [-0.2, -0.15) is 0 Å². The van der Waals surface area contributed by atoms with E-state index in [2.05, 4.69) is 6.92 Å². The van der Waals surface area contributed by atoms with Crippen molar-refractivity contribution in [2.24, 2.45) is 0 Å². The Morgan fingerprint density at radius 1 is 1.39 bits per heavy atom. The number of nitrogens with two attached hydrogens (primary N) is 1. The zero-order valence-electron chi connectivity index (χ0n) is 11.0. The molecule has 0 saturated carbocycles. The number of hydrogen-bond acceptors (Lipinski definition) is 2. The molecule has 1 aliphatic rings. The molecule has 0 aromatic heterocycles. The molecule has 1 aliphatic heterocycles. The molecule has 0 aliphatic carbocycles. The van der Waals surface area contributed by atoms with Gasteiger partial charge in [0, 0.05) is 23.8 Å². The van der Waals surface area contributed by atoms with Crippen LogP contribution in [-0.4, -0.2) is 23.4 Å². The Morgan fingerprint density at radius 3 is 2.78 bits per heavy atom. The Balaban J connectivity index is 0.00000162. The van der Waals surface area contributed by atoms with Crippen LogP contribution in [0.25, 0.3) is 0 Å².